The SMILES string of the molecule is COc1c(CC2CCCCC2)cccc1OCC1CC1. The largest absolute Gasteiger partial charge is 0.493 e. The van der Waals surface area contributed by atoms with E-state index in [1.807, 2.05) is 6.07 Å². The summed E-state index contributed by atoms with van der Waals surface area (Å²) in [5.41, 5.74) is 1.33. The van der Waals surface area contributed by atoms with Crippen molar-refractivity contribution < 1.29 is 9.47 Å². The Labute approximate surface area is 122 Å². The lowest BCUT2D eigenvalue weighted by molar-refractivity contribution is 0.277. The fourth-order valence-electron chi connectivity index (χ4n) is 3.26. The highest BCUT2D eigenvalue weighted by atomic mass is 16.5. The predicted octanol–water partition coefficient (Wildman–Crippen LogP) is 4.61. The second-order valence-electron chi connectivity index (χ2n) is 6.41. The van der Waals surface area contributed by atoms with E-state index in [-0.39, 0.29) is 0 Å². The van der Waals surface area contributed by atoms with Crippen molar-refractivity contribution in [2.24, 2.45) is 11.8 Å². The quantitative estimate of drug-likeness (QED) is 0.754. The summed E-state index contributed by atoms with van der Waals surface area (Å²) in [6, 6.07) is 6.37. The van der Waals surface area contributed by atoms with Crippen molar-refractivity contribution in [1.82, 2.24) is 0 Å². The molecule has 0 heterocycles. The molecule has 20 heavy (non-hydrogen) atoms. The fraction of sp³-hybridized carbons (Fsp3) is 0.667. The molecule has 2 fully saturated rings. The molecule has 0 aliphatic heterocycles. The predicted molar refractivity (Wildman–Crippen MR) is 81.5 cm³/mol. The molecular formula is C18H26O2. The van der Waals surface area contributed by atoms with E-state index >= 15 is 0 Å². The van der Waals surface area contributed by atoms with Crippen LogP contribution in [0.5, 0.6) is 11.5 Å². The van der Waals surface area contributed by atoms with Crippen LogP contribution in [0.4, 0.5) is 0 Å². The van der Waals surface area contributed by atoms with Crippen molar-refractivity contribution in [3.63, 3.8) is 0 Å². The molecule has 3 rings (SSSR count). The first-order valence-electron chi connectivity index (χ1n) is 8.15. The van der Waals surface area contributed by atoms with Gasteiger partial charge in [-0.15, -0.1) is 0 Å². The van der Waals surface area contributed by atoms with Crippen LogP contribution in [0, 0.1) is 11.8 Å². The zero-order valence-corrected chi connectivity index (χ0v) is 12.6. The molecular weight excluding hydrogens is 248 g/mol. The average molecular weight is 274 g/mol. The Hall–Kier alpha value is -1.18. The van der Waals surface area contributed by atoms with E-state index in [2.05, 4.69) is 12.1 Å². The number of hydrogen-bond acceptors (Lipinski definition) is 2. The molecule has 2 aliphatic carbocycles. The summed E-state index contributed by atoms with van der Waals surface area (Å²) < 4.78 is 11.6. The number of methoxy groups -OCH3 is 1. The first-order valence-corrected chi connectivity index (χ1v) is 8.15. The first-order chi connectivity index (χ1) is 9.86. The van der Waals surface area contributed by atoms with Crippen LogP contribution in [0.2, 0.25) is 0 Å². The first kappa shape index (κ1) is 13.8. The molecule has 0 atom stereocenters. The van der Waals surface area contributed by atoms with Crippen LogP contribution in [0.15, 0.2) is 18.2 Å². The molecule has 0 bridgehead atoms. The summed E-state index contributed by atoms with van der Waals surface area (Å²) in [6.45, 7) is 0.850. The van der Waals surface area contributed by atoms with Crippen molar-refractivity contribution in [2.45, 2.75) is 51.4 Å². The third kappa shape index (κ3) is 3.47. The number of rotatable bonds is 6. The summed E-state index contributed by atoms with van der Waals surface area (Å²) in [7, 11) is 1.77. The molecule has 2 aliphatic rings. The molecule has 110 valence electrons. The van der Waals surface area contributed by atoms with Crippen LogP contribution in [-0.4, -0.2) is 13.7 Å². The highest BCUT2D eigenvalue weighted by Gasteiger charge is 2.23. The van der Waals surface area contributed by atoms with E-state index in [1.54, 1.807) is 7.11 Å². The zero-order chi connectivity index (χ0) is 13.8. The molecule has 0 spiro atoms. The molecule has 2 nitrogen and oxygen atoms in total. The maximum Gasteiger partial charge on any atom is 0.163 e. The topological polar surface area (TPSA) is 18.5 Å². The standard InChI is InChI=1S/C18H26O2/c1-19-18-16(12-14-6-3-2-4-7-14)8-5-9-17(18)20-13-15-10-11-15/h5,8-9,14-15H,2-4,6-7,10-13H2,1H3. The summed E-state index contributed by atoms with van der Waals surface area (Å²) in [4.78, 5) is 0. The monoisotopic (exact) mass is 274 g/mol. The molecule has 0 radical (unpaired) electrons. The van der Waals surface area contributed by atoms with Gasteiger partial charge in [0.1, 0.15) is 0 Å². The molecule has 0 aromatic heterocycles. The van der Waals surface area contributed by atoms with Crippen LogP contribution in [0.3, 0.4) is 0 Å². The molecule has 0 unspecified atom stereocenters. The van der Waals surface area contributed by atoms with Gasteiger partial charge < -0.3 is 9.47 Å². The van der Waals surface area contributed by atoms with Crippen LogP contribution in [-0.2, 0) is 6.42 Å². The van der Waals surface area contributed by atoms with Gasteiger partial charge >= 0.3 is 0 Å². The Balaban J connectivity index is 1.69. The van der Waals surface area contributed by atoms with Gasteiger partial charge in [-0.1, -0.05) is 44.2 Å². The van der Waals surface area contributed by atoms with Crippen molar-refractivity contribution in [1.29, 1.82) is 0 Å². The summed E-state index contributed by atoms with van der Waals surface area (Å²) in [5, 5.41) is 0. The van der Waals surface area contributed by atoms with Gasteiger partial charge in [-0.2, -0.15) is 0 Å². The lowest BCUT2D eigenvalue weighted by Gasteiger charge is -2.23. The lowest BCUT2D eigenvalue weighted by Crippen LogP contribution is -2.10. The minimum atomic E-state index is 0.779. The molecule has 0 amide bonds. The third-order valence-electron chi connectivity index (χ3n) is 4.67. The normalized spacial score (nSPS) is 19.9. The van der Waals surface area contributed by atoms with Gasteiger partial charge in [-0.25, -0.2) is 0 Å². The number of ether oxygens (including phenoxy) is 2. The minimum Gasteiger partial charge on any atom is -0.493 e. The van der Waals surface area contributed by atoms with Crippen LogP contribution in [0.1, 0.15) is 50.5 Å². The molecule has 1 aromatic rings. The molecule has 0 saturated heterocycles. The van der Waals surface area contributed by atoms with Crippen molar-refractivity contribution in [3.05, 3.63) is 23.8 Å². The molecule has 1 aromatic carbocycles. The number of para-hydroxylation sites is 1. The van der Waals surface area contributed by atoms with Crippen molar-refractivity contribution >= 4 is 0 Å². The van der Waals surface area contributed by atoms with Crippen molar-refractivity contribution in [3.8, 4) is 11.5 Å². The van der Waals surface area contributed by atoms with E-state index in [1.165, 1.54) is 50.5 Å². The summed E-state index contributed by atoms with van der Waals surface area (Å²) in [5.74, 6) is 3.52. The third-order valence-corrected chi connectivity index (χ3v) is 4.67. The van der Waals surface area contributed by atoms with E-state index < -0.39 is 0 Å². The Morgan fingerprint density at radius 2 is 1.80 bits per heavy atom. The zero-order valence-electron chi connectivity index (χ0n) is 12.6. The summed E-state index contributed by atoms with van der Waals surface area (Å²) >= 11 is 0. The number of benzene rings is 1. The Morgan fingerprint density at radius 3 is 2.50 bits per heavy atom. The van der Waals surface area contributed by atoms with Crippen LogP contribution >= 0.6 is 0 Å². The fourth-order valence-corrected chi connectivity index (χ4v) is 3.26. The summed E-state index contributed by atoms with van der Waals surface area (Å²) in [6.07, 6.45) is 10.7. The highest BCUT2D eigenvalue weighted by Crippen LogP contribution is 2.37. The maximum absolute atomic E-state index is 5.96. The van der Waals surface area contributed by atoms with Gasteiger partial charge in [0, 0.05) is 0 Å². The maximum atomic E-state index is 5.96. The second-order valence-corrected chi connectivity index (χ2v) is 6.41. The van der Waals surface area contributed by atoms with Crippen LogP contribution < -0.4 is 9.47 Å². The Kier molecular flexibility index (Phi) is 4.49. The Morgan fingerprint density at radius 1 is 1.00 bits per heavy atom. The Bertz CT molecular complexity index is 431. The van der Waals surface area contributed by atoms with Gasteiger partial charge in [-0.3, -0.25) is 0 Å². The van der Waals surface area contributed by atoms with Gasteiger partial charge in [0.2, 0.25) is 0 Å². The van der Waals surface area contributed by atoms with E-state index in [0.29, 0.717) is 0 Å². The van der Waals surface area contributed by atoms with Gasteiger partial charge in [0.05, 0.1) is 13.7 Å². The minimum absolute atomic E-state index is 0.779. The molecule has 2 saturated carbocycles. The molecule has 2 heteroatoms. The van der Waals surface area contributed by atoms with Gasteiger partial charge in [0.15, 0.2) is 11.5 Å². The van der Waals surface area contributed by atoms with Crippen LogP contribution in [0.25, 0.3) is 0 Å². The van der Waals surface area contributed by atoms with Gasteiger partial charge in [-0.05, 0) is 42.7 Å². The highest BCUT2D eigenvalue weighted by molar-refractivity contribution is 5.46. The van der Waals surface area contributed by atoms with E-state index in [0.717, 1.165) is 36.4 Å². The average Bonchev–Trinajstić information content (AvgIpc) is 3.30. The van der Waals surface area contributed by atoms with E-state index in [4.69, 9.17) is 9.47 Å². The van der Waals surface area contributed by atoms with Gasteiger partial charge in [0.25, 0.3) is 0 Å². The smallest absolute Gasteiger partial charge is 0.163 e. The number of hydrogen-bond donors (Lipinski definition) is 0. The lowest BCUT2D eigenvalue weighted by atomic mass is 9.84. The van der Waals surface area contributed by atoms with Crippen molar-refractivity contribution in [2.75, 3.05) is 13.7 Å². The molecule has 0 N–H and O–H groups in total. The second kappa shape index (κ2) is 6.51. The van der Waals surface area contributed by atoms with E-state index in [9.17, 15) is 0 Å².